The fourth-order valence-electron chi connectivity index (χ4n) is 4.81. The number of hydrogen-bond acceptors (Lipinski definition) is 2. The lowest BCUT2D eigenvalue weighted by molar-refractivity contribution is 0.342. The van der Waals surface area contributed by atoms with Crippen LogP contribution >= 0.6 is 0 Å². The normalized spacial score (nSPS) is 25.1. The smallest absolute Gasteiger partial charge is 0.127 e. The molecule has 0 bridgehead atoms. The molecule has 0 aromatic heterocycles. The van der Waals surface area contributed by atoms with Gasteiger partial charge in [0.15, 0.2) is 0 Å². The van der Waals surface area contributed by atoms with E-state index in [1.165, 1.54) is 87.8 Å². The average Bonchev–Trinajstić information content (AvgIpc) is 2.64. The summed E-state index contributed by atoms with van der Waals surface area (Å²) >= 11 is 0. The molecule has 2 saturated carbocycles. The largest absolute Gasteiger partial charge is 0.371 e. The fourth-order valence-corrected chi connectivity index (χ4v) is 4.81. The molecular weight excluding hydrogens is 294 g/mol. The molecule has 0 saturated heterocycles. The van der Waals surface area contributed by atoms with Gasteiger partial charge < -0.3 is 10.6 Å². The van der Waals surface area contributed by atoms with Crippen molar-refractivity contribution in [3.63, 3.8) is 0 Å². The van der Waals surface area contributed by atoms with E-state index in [-0.39, 0.29) is 5.54 Å². The van der Waals surface area contributed by atoms with Crippen molar-refractivity contribution in [2.75, 3.05) is 17.2 Å². The minimum absolute atomic E-state index is 0.0547. The van der Waals surface area contributed by atoms with E-state index in [9.17, 15) is 0 Å². The Morgan fingerprint density at radius 2 is 1.62 bits per heavy atom. The van der Waals surface area contributed by atoms with Gasteiger partial charge in [-0.3, -0.25) is 4.99 Å². The molecule has 3 heteroatoms. The summed E-state index contributed by atoms with van der Waals surface area (Å²) < 4.78 is 0. The van der Waals surface area contributed by atoms with Crippen LogP contribution in [0.4, 0.5) is 11.4 Å². The average molecular weight is 326 g/mol. The number of nitrogens with zero attached hydrogens (tertiary/aromatic N) is 1. The Bertz CT molecular complexity index is 581. The molecule has 2 N–H and O–H groups in total. The molecule has 1 heterocycles. The molecule has 1 spiro atoms. The molecule has 4 rings (SSSR count). The molecule has 0 atom stereocenters. The van der Waals surface area contributed by atoms with E-state index in [1.807, 2.05) is 0 Å². The third-order valence-corrected chi connectivity index (χ3v) is 6.25. The van der Waals surface area contributed by atoms with Gasteiger partial charge in [0.1, 0.15) is 5.84 Å². The summed E-state index contributed by atoms with van der Waals surface area (Å²) in [7, 11) is 0. The highest BCUT2D eigenvalue weighted by Gasteiger charge is 2.40. The van der Waals surface area contributed by atoms with Gasteiger partial charge in [0, 0.05) is 6.54 Å². The Hall–Kier alpha value is -1.51. The standard InChI is InChI=1S/C21H31N3/c1-3-9-17(10-4-1)13-16-22-20-21(14-7-2-8-15-21)24-19-12-6-5-11-18(19)23-20/h5-6,11-12,17,24H,1-4,7-10,13-16H2,(H,22,23). The van der Waals surface area contributed by atoms with Crippen LogP contribution in [0.2, 0.25) is 0 Å². The molecule has 1 aliphatic heterocycles. The molecular formula is C21H31N3. The van der Waals surface area contributed by atoms with Crippen LogP contribution in [0, 0.1) is 5.92 Å². The summed E-state index contributed by atoms with van der Waals surface area (Å²) in [6.07, 6.45) is 14.8. The lowest BCUT2D eigenvalue weighted by atomic mass is 9.79. The molecule has 2 fully saturated rings. The van der Waals surface area contributed by atoms with Gasteiger partial charge in [-0.05, 0) is 37.3 Å². The van der Waals surface area contributed by atoms with Gasteiger partial charge in [0.05, 0.1) is 16.9 Å². The summed E-state index contributed by atoms with van der Waals surface area (Å²) in [5.41, 5.74) is 2.48. The van der Waals surface area contributed by atoms with Crippen LogP contribution < -0.4 is 10.6 Å². The molecule has 3 aliphatic rings. The minimum Gasteiger partial charge on any atom is -0.371 e. The fraction of sp³-hybridized carbons (Fsp3) is 0.667. The third-order valence-electron chi connectivity index (χ3n) is 6.25. The van der Waals surface area contributed by atoms with Crippen LogP contribution in [0.3, 0.4) is 0 Å². The van der Waals surface area contributed by atoms with Crippen molar-refractivity contribution in [2.24, 2.45) is 10.9 Å². The van der Waals surface area contributed by atoms with Crippen molar-refractivity contribution < 1.29 is 0 Å². The predicted octanol–water partition coefficient (Wildman–Crippen LogP) is 5.60. The first kappa shape index (κ1) is 16.0. The van der Waals surface area contributed by atoms with Crippen molar-refractivity contribution >= 4 is 17.2 Å². The van der Waals surface area contributed by atoms with Crippen molar-refractivity contribution in [2.45, 2.75) is 76.2 Å². The van der Waals surface area contributed by atoms with Gasteiger partial charge in [0.25, 0.3) is 0 Å². The van der Waals surface area contributed by atoms with E-state index in [0.29, 0.717) is 0 Å². The van der Waals surface area contributed by atoms with Gasteiger partial charge in [-0.15, -0.1) is 0 Å². The van der Waals surface area contributed by atoms with Crippen LogP contribution in [0.1, 0.15) is 70.6 Å². The summed E-state index contributed by atoms with van der Waals surface area (Å²) in [4.78, 5) is 5.10. The molecule has 130 valence electrons. The number of amidine groups is 1. The van der Waals surface area contributed by atoms with Crippen molar-refractivity contribution in [1.82, 2.24) is 0 Å². The van der Waals surface area contributed by atoms with Crippen molar-refractivity contribution in [1.29, 1.82) is 0 Å². The Morgan fingerprint density at radius 1 is 0.917 bits per heavy atom. The highest BCUT2D eigenvalue weighted by atomic mass is 15.2. The number of rotatable bonds is 3. The number of hydrogen-bond donors (Lipinski definition) is 2. The number of aliphatic imine (C=N–C) groups is 1. The van der Waals surface area contributed by atoms with E-state index >= 15 is 0 Å². The van der Waals surface area contributed by atoms with Gasteiger partial charge in [0.2, 0.25) is 0 Å². The number of nitrogens with one attached hydrogen (secondary N) is 2. The lowest BCUT2D eigenvalue weighted by Crippen LogP contribution is -2.53. The Kier molecular flexibility index (Phi) is 4.77. The number of benzene rings is 1. The molecule has 2 aliphatic carbocycles. The van der Waals surface area contributed by atoms with E-state index in [1.54, 1.807) is 0 Å². The molecule has 1 aromatic rings. The maximum Gasteiger partial charge on any atom is 0.127 e. The predicted molar refractivity (Wildman–Crippen MR) is 103 cm³/mol. The topological polar surface area (TPSA) is 36.4 Å². The first-order chi connectivity index (χ1) is 11.9. The van der Waals surface area contributed by atoms with Gasteiger partial charge >= 0.3 is 0 Å². The summed E-state index contributed by atoms with van der Waals surface area (Å²) in [6.45, 7) is 0.985. The monoisotopic (exact) mass is 325 g/mol. The molecule has 0 radical (unpaired) electrons. The maximum atomic E-state index is 5.10. The van der Waals surface area contributed by atoms with Crippen molar-refractivity contribution in [3.05, 3.63) is 24.3 Å². The van der Waals surface area contributed by atoms with Crippen LogP contribution in [-0.4, -0.2) is 17.9 Å². The van der Waals surface area contributed by atoms with Crippen LogP contribution in [0.5, 0.6) is 0 Å². The Balaban J connectivity index is 1.50. The maximum absolute atomic E-state index is 5.10. The zero-order chi connectivity index (χ0) is 16.2. The number of anilines is 2. The first-order valence-corrected chi connectivity index (χ1v) is 10.0. The summed E-state index contributed by atoms with van der Waals surface area (Å²) in [5.74, 6) is 2.12. The van der Waals surface area contributed by atoms with E-state index < -0.39 is 0 Å². The minimum atomic E-state index is 0.0547. The van der Waals surface area contributed by atoms with Crippen LogP contribution in [-0.2, 0) is 0 Å². The van der Waals surface area contributed by atoms with Gasteiger partial charge in [-0.1, -0.05) is 63.5 Å². The Labute approximate surface area is 146 Å². The van der Waals surface area contributed by atoms with E-state index in [0.717, 1.165) is 12.5 Å². The zero-order valence-electron chi connectivity index (χ0n) is 14.8. The molecule has 1 aromatic carbocycles. The van der Waals surface area contributed by atoms with Gasteiger partial charge in [-0.2, -0.15) is 0 Å². The van der Waals surface area contributed by atoms with E-state index in [4.69, 9.17) is 4.99 Å². The lowest BCUT2D eigenvalue weighted by Gasteiger charge is -2.44. The van der Waals surface area contributed by atoms with Crippen LogP contribution in [0.15, 0.2) is 29.3 Å². The molecule has 24 heavy (non-hydrogen) atoms. The highest BCUT2D eigenvalue weighted by Crippen LogP contribution is 2.39. The second-order valence-corrected chi connectivity index (χ2v) is 7.96. The molecule has 0 amide bonds. The van der Waals surface area contributed by atoms with Crippen LogP contribution in [0.25, 0.3) is 0 Å². The Morgan fingerprint density at radius 3 is 2.42 bits per heavy atom. The van der Waals surface area contributed by atoms with Gasteiger partial charge in [-0.25, -0.2) is 0 Å². The molecule has 3 nitrogen and oxygen atoms in total. The molecule has 0 unspecified atom stereocenters. The summed E-state index contributed by atoms with van der Waals surface area (Å²) in [5, 5.41) is 7.54. The van der Waals surface area contributed by atoms with E-state index in [2.05, 4.69) is 34.9 Å². The highest BCUT2D eigenvalue weighted by molar-refractivity contribution is 6.09. The first-order valence-electron chi connectivity index (χ1n) is 10.0. The quantitative estimate of drug-likeness (QED) is 0.759. The second-order valence-electron chi connectivity index (χ2n) is 7.96. The van der Waals surface area contributed by atoms with Crippen molar-refractivity contribution in [3.8, 4) is 0 Å². The third kappa shape index (κ3) is 3.31. The second kappa shape index (κ2) is 7.16. The zero-order valence-corrected chi connectivity index (χ0v) is 14.8. The number of fused-ring (bicyclic) bond motifs is 1. The number of para-hydroxylation sites is 2. The summed E-state index contributed by atoms with van der Waals surface area (Å²) in [6, 6.07) is 8.58. The SMILES string of the molecule is c1ccc2c(c1)NC(=NCCC1CCCCC1)C1(CCCCC1)N2.